The highest BCUT2D eigenvalue weighted by molar-refractivity contribution is 5.96. The van der Waals surface area contributed by atoms with Crippen molar-refractivity contribution in [3.8, 4) is 11.1 Å². The van der Waals surface area contributed by atoms with Crippen molar-refractivity contribution in [3.63, 3.8) is 0 Å². The number of pyridine rings is 1. The van der Waals surface area contributed by atoms with Crippen LogP contribution < -0.4 is 5.32 Å². The minimum absolute atomic E-state index is 0.312. The number of nitrogens with one attached hydrogen (secondary N) is 1. The van der Waals surface area contributed by atoms with Crippen molar-refractivity contribution in [2.75, 3.05) is 5.32 Å². The molecule has 0 spiro atoms. The van der Waals surface area contributed by atoms with Gasteiger partial charge in [0.05, 0.1) is 11.1 Å². The lowest BCUT2D eigenvalue weighted by Crippen LogP contribution is -2.02. The van der Waals surface area contributed by atoms with Crippen LogP contribution in [0.3, 0.4) is 0 Å². The van der Waals surface area contributed by atoms with Crippen LogP contribution >= 0.6 is 0 Å². The van der Waals surface area contributed by atoms with Crippen LogP contribution in [-0.4, -0.2) is 16.1 Å². The van der Waals surface area contributed by atoms with E-state index < -0.39 is 5.97 Å². The molecule has 2 N–H and O–H groups in total. The highest BCUT2D eigenvalue weighted by Gasteiger charge is 2.11. The first-order valence-electron chi connectivity index (χ1n) is 9.55. The van der Waals surface area contributed by atoms with Gasteiger partial charge in [0.1, 0.15) is 0 Å². The average Bonchev–Trinajstić information content (AvgIpc) is 2.73. The fourth-order valence-corrected chi connectivity index (χ4v) is 3.59. The summed E-state index contributed by atoms with van der Waals surface area (Å²) in [4.78, 5) is 16.1. The lowest BCUT2D eigenvalue weighted by Gasteiger charge is -2.13. The van der Waals surface area contributed by atoms with E-state index in [0.717, 1.165) is 44.5 Å². The van der Waals surface area contributed by atoms with Crippen LogP contribution in [0.5, 0.6) is 0 Å². The van der Waals surface area contributed by atoms with Crippen molar-refractivity contribution in [3.05, 3.63) is 95.2 Å². The maximum atomic E-state index is 11.5. The van der Waals surface area contributed by atoms with E-state index >= 15 is 0 Å². The highest BCUT2D eigenvalue weighted by Crippen LogP contribution is 2.27. The van der Waals surface area contributed by atoms with Crippen LogP contribution in [0.15, 0.2) is 72.8 Å². The van der Waals surface area contributed by atoms with E-state index in [0.29, 0.717) is 12.1 Å². The molecule has 1 aromatic heterocycles. The Kier molecular flexibility index (Phi) is 5.00. The molecule has 0 aliphatic rings. The number of para-hydroxylation sites is 1. The lowest BCUT2D eigenvalue weighted by atomic mass is 9.99. The van der Waals surface area contributed by atoms with Crippen molar-refractivity contribution in [2.24, 2.45) is 0 Å². The molecule has 4 aromatic rings. The summed E-state index contributed by atoms with van der Waals surface area (Å²) in [7, 11) is 0. The standard InChI is InChI=1S/C25H22N2O2/c1-16-6-5-9-22-23(14-17(2)27-24(16)22)26-15-18-10-12-19(13-11-18)20-7-3-4-8-21(20)25(28)29/h3-14H,15H2,1-2H3,(H,26,27)(H,28,29). The average molecular weight is 382 g/mol. The fourth-order valence-electron chi connectivity index (χ4n) is 3.59. The number of hydrogen-bond donors (Lipinski definition) is 2. The van der Waals surface area contributed by atoms with Gasteiger partial charge in [-0.05, 0) is 48.2 Å². The predicted octanol–water partition coefficient (Wildman–Crippen LogP) is 5.83. The number of benzene rings is 3. The SMILES string of the molecule is Cc1cc(NCc2ccc(-c3ccccc3C(=O)O)cc2)c2cccc(C)c2n1. The summed E-state index contributed by atoms with van der Waals surface area (Å²) < 4.78 is 0. The first-order valence-corrected chi connectivity index (χ1v) is 9.55. The molecule has 4 heteroatoms. The highest BCUT2D eigenvalue weighted by atomic mass is 16.4. The van der Waals surface area contributed by atoms with E-state index in [4.69, 9.17) is 0 Å². The molecule has 0 amide bonds. The van der Waals surface area contributed by atoms with Gasteiger partial charge in [0.2, 0.25) is 0 Å². The van der Waals surface area contributed by atoms with E-state index in [1.165, 1.54) is 0 Å². The van der Waals surface area contributed by atoms with Crippen molar-refractivity contribution in [1.82, 2.24) is 4.98 Å². The van der Waals surface area contributed by atoms with Gasteiger partial charge in [0.15, 0.2) is 0 Å². The smallest absolute Gasteiger partial charge is 0.336 e. The molecule has 144 valence electrons. The molecule has 4 nitrogen and oxygen atoms in total. The van der Waals surface area contributed by atoms with Crippen molar-refractivity contribution >= 4 is 22.6 Å². The van der Waals surface area contributed by atoms with E-state index in [9.17, 15) is 9.90 Å². The van der Waals surface area contributed by atoms with E-state index in [1.807, 2.05) is 43.3 Å². The number of aryl methyl sites for hydroxylation is 2. The van der Waals surface area contributed by atoms with Gasteiger partial charge < -0.3 is 10.4 Å². The van der Waals surface area contributed by atoms with Crippen molar-refractivity contribution in [1.29, 1.82) is 0 Å². The van der Waals surface area contributed by atoms with E-state index in [2.05, 4.69) is 41.5 Å². The summed E-state index contributed by atoms with van der Waals surface area (Å²) in [6.07, 6.45) is 0. The molecule has 3 aromatic carbocycles. The third-order valence-electron chi connectivity index (χ3n) is 5.07. The molecule has 1 heterocycles. The first kappa shape index (κ1) is 18.7. The third kappa shape index (κ3) is 3.83. The molecule has 0 fully saturated rings. The number of rotatable bonds is 5. The number of carbonyl (C=O) groups is 1. The van der Waals surface area contributed by atoms with Gasteiger partial charge in [-0.3, -0.25) is 4.98 Å². The number of carboxylic acids is 1. The molecule has 0 aliphatic carbocycles. The molecule has 0 saturated heterocycles. The molecule has 0 radical (unpaired) electrons. The van der Waals surface area contributed by atoms with E-state index in [1.54, 1.807) is 12.1 Å². The molecule has 0 unspecified atom stereocenters. The van der Waals surface area contributed by atoms with Gasteiger partial charge >= 0.3 is 5.97 Å². The van der Waals surface area contributed by atoms with Gasteiger partial charge in [-0.25, -0.2) is 4.79 Å². The number of carboxylic acid groups (broad SMARTS) is 1. The first-order chi connectivity index (χ1) is 14.0. The monoisotopic (exact) mass is 382 g/mol. The zero-order valence-electron chi connectivity index (χ0n) is 16.4. The Morgan fingerprint density at radius 3 is 2.48 bits per heavy atom. The summed E-state index contributed by atoms with van der Waals surface area (Å²) >= 11 is 0. The number of hydrogen-bond acceptors (Lipinski definition) is 3. The zero-order valence-corrected chi connectivity index (χ0v) is 16.4. The molecular formula is C25H22N2O2. The maximum absolute atomic E-state index is 11.5. The second-order valence-electron chi connectivity index (χ2n) is 7.18. The molecule has 0 atom stereocenters. The number of nitrogens with zero attached hydrogens (tertiary/aromatic N) is 1. The van der Waals surface area contributed by atoms with Crippen LogP contribution in [0.4, 0.5) is 5.69 Å². The Morgan fingerprint density at radius 1 is 0.966 bits per heavy atom. The Balaban J connectivity index is 1.58. The maximum Gasteiger partial charge on any atom is 0.336 e. The van der Waals surface area contributed by atoms with Gasteiger partial charge in [-0.2, -0.15) is 0 Å². The van der Waals surface area contributed by atoms with Gasteiger partial charge in [-0.1, -0.05) is 60.7 Å². The molecule has 0 saturated carbocycles. The van der Waals surface area contributed by atoms with Gasteiger partial charge in [-0.15, -0.1) is 0 Å². The van der Waals surface area contributed by atoms with Crippen LogP contribution in [0.25, 0.3) is 22.0 Å². The van der Waals surface area contributed by atoms with Crippen LogP contribution in [0.2, 0.25) is 0 Å². The number of fused-ring (bicyclic) bond motifs is 1. The van der Waals surface area contributed by atoms with Crippen molar-refractivity contribution < 1.29 is 9.90 Å². The Labute approximate surface area is 169 Å². The second kappa shape index (κ2) is 7.76. The number of anilines is 1. The van der Waals surface area contributed by atoms with Gasteiger partial charge in [0, 0.05) is 23.3 Å². The van der Waals surface area contributed by atoms with Crippen LogP contribution in [-0.2, 0) is 6.54 Å². The molecule has 4 rings (SSSR count). The number of aromatic carboxylic acids is 1. The third-order valence-corrected chi connectivity index (χ3v) is 5.07. The summed E-state index contributed by atoms with van der Waals surface area (Å²) in [5.74, 6) is -0.915. The largest absolute Gasteiger partial charge is 0.478 e. The normalized spacial score (nSPS) is 10.8. The Bertz CT molecular complexity index is 1200. The molecule has 0 aliphatic heterocycles. The Hall–Kier alpha value is -3.66. The topological polar surface area (TPSA) is 62.2 Å². The van der Waals surface area contributed by atoms with Gasteiger partial charge in [0.25, 0.3) is 0 Å². The summed E-state index contributed by atoms with van der Waals surface area (Å²) in [6, 6.07) is 23.4. The molecular weight excluding hydrogens is 360 g/mol. The summed E-state index contributed by atoms with van der Waals surface area (Å²) in [5.41, 5.74) is 7.29. The molecule has 0 bridgehead atoms. The summed E-state index contributed by atoms with van der Waals surface area (Å²) in [5, 5.41) is 14.0. The summed E-state index contributed by atoms with van der Waals surface area (Å²) in [6.45, 7) is 4.76. The minimum atomic E-state index is -0.915. The van der Waals surface area contributed by atoms with Crippen molar-refractivity contribution in [2.45, 2.75) is 20.4 Å². The number of aromatic nitrogens is 1. The minimum Gasteiger partial charge on any atom is -0.478 e. The van der Waals surface area contributed by atoms with Crippen LogP contribution in [0.1, 0.15) is 27.2 Å². The second-order valence-corrected chi connectivity index (χ2v) is 7.18. The quantitative estimate of drug-likeness (QED) is 0.456. The van der Waals surface area contributed by atoms with E-state index in [-0.39, 0.29) is 0 Å². The lowest BCUT2D eigenvalue weighted by molar-refractivity contribution is 0.0697. The zero-order chi connectivity index (χ0) is 20.4. The van der Waals surface area contributed by atoms with Crippen LogP contribution in [0, 0.1) is 13.8 Å². The fraction of sp³-hybridized carbons (Fsp3) is 0.120. The Morgan fingerprint density at radius 2 is 1.72 bits per heavy atom. The predicted molar refractivity (Wildman–Crippen MR) is 117 cm³/mol. The molecule has 29 heavy (non-hydrogen) atoms.